The summed E-state index contributed by atoms with van der Waals surface area (Å²) in [5, 5.41) is 2.99. The average Bonchev–Trinajstić information content (AvgIpc) is 3.26. The number of ether oxygens (including phenoxy) is 2. The van der Waals surface area contributed by atoms with Gasteiger partial charge in [0.1, 0.15) is 5.75 Å². The predicted octanol–water partition coefficient (Wildman–Crippen LogP) is 3.47. The Morgan fingerprint density at radius 2 is 2.25 bits per heavy atom. The maximum atomic E-state index is 12.1. The Morgan fingerprint density at radius 1 is 1.36 bits per heavy atom. The predicted molar refractivity (Wildman–Crippen MR) is 107 cm³/mol. The van der Waals surface area contributed by atoms with E-state index < -0.39 is 0 Å². The third-order valence-corrected chi connectivity index (χ3v) is 5.11. The summed E-state index contributed by atoms with van der Waals surface area (Å²) in [4.78, 5) is 14.5. The summed E-state index contributed by atoms with van der Waals surface area (Å²) in [6.07, 6.45) is 3.79. The van der Waals surface area contributed by atoms with Crippen LogP contribution in [0.25, 0.3) is 0 Å². The maximum Gasteiger partial charge on any atom is 0.286 e. The molecule has 0 saturated carbocycles. The Morgan fingerprint density at radius 3 is 3.00 bits per heavy atom. The number of rotatable bonds is 9. The molecule has 3 rings (SSSR count). The summed E-state index contributed by atoms with van der Waals surface area (Å²) in [6, 6.07) is 9.74. The molecule has 1 amide bonds. The number of carbonyl (C=O) groups is 1. The van der Waals surface area contributed by atoms with E-state index in [9.17, 15) is 4.79 Å². The van der Waals surface area contributed by atoms with Crippen LogP contribution in [0.3, 0.4) is 0 Å². The number of methoxy groups -OCH3 is 1. The van der Waals surface area contributed by atoms with E-state index in [1.165, 1.54) is 11.8 Å². The molecule has 6 heteroatoms. The second-order valence-electron chi connectivity index (χ2n) is 7.21. The first kappa shape index (κ1) is 20.4. The molecule has 1 N–H and O–H groups in total. The Hall–Kier alpha value is -2.31. The van der Waals surface area contributed by atoms with Crippen molar-refractivity contribution in [3.8, 4) is 5.75 Å². The van der Waals surface area contributed by atoms with Crippen molar-refractivity contribution in [2.24, 2.45) is 5.92 Å². The molecule has 152 valence electrons. The first-order chi connectivity index (χ1) is 13.7. The van der Waals surface area contributed by atoms with E-state index in [0.717, 1.165) is 43.8 Å². The van der Waals surface area contributed by atoms with Gasteiger partial charge in [-0.25, -0.2) is 0 Å². The SMILES string of the molecule is CCOCc1cc(CN2CCC[C@H](CNC(=O)c3ccco3)C2)ccc1OC. The van der Waals surface area contributed by atoms with Gasteiger partial charge in [0, 0.05) is 31.8 Å². The lowest BCUT2D eigenvalue weighted by atomic mass is 9.97. The smallest absolute Gasteiger partial charge is 0.286 e. The molecule has 2 aromatic rings. The number of amides is 1. The summed E-state index contributed by atoms with van der Waals surface area (Å²) in [5.74, 6) is 1.55. The zero-order valence-electron chi connectivity index (χ0n) is 16.8. The fraction of sp³-hybridized carbons (Fsp3) is 0.500. The van der Waals surface area contributed by atoms with Gasteiger partial charge in [-0.15, -0.1) is 0 Å². The minimum absolute atomic E-state index is 0.141. The second kappa shape index (κ2) is 10.3. The molecule has 1 aliphatic heterocycles. The number of hydrogen-bond donors (Lipinski definition) is 1. The van der Waals surface area contributed by atoms with Gasteiger partial charge in [-0.1, -0.05) is 6.07 Å². The first-order valence-corrected chi connectivity index (χ1v) is 9.97. The highest BCUT2D eigenvalue weighted by molar-refractivity contribution is 5.91. The number of carbonyl (C=O) groups excluding carboxylic acids is 1. The van der Waals surface area contributed by atoms with E-state index in [2.05, 4.69) is 22.3 Å². The zero-order chi connectivity index (χ0) is 19.8. The minimum atomic E-state index is -0.141. The lowest BCUT2D eigenvalue weighted by molar-refractivity contribution is 0.0903. The quantitative estimate of drug-likeness (QED) is 0.715. The van der Waals surface area contributed by atoms with Crippen LogP contribution in [0.4, 0.5) is 0 Å². The van der Waals surface area contributed by atoms with Gasteiger partial charge in [-0.3, -0.25) is 9.69 Å². The van der Waals surface area contributed by atoms with Crippen LogP contribution in [-0.4, -0.2) is 44.2 Å². The molecule has 2 heterocycles. The Balaban J connectivity index is 1.53. The molecule has 0 unspecified atom stereocenters. The second-order valence-corrected chi connectivity index (χ2v) is 7.21. The van der Waals surface area contributed by atoms with Gasteiger partial charge in [0.25, 0.3) is 5.91 Å². The molecule has 0 spiro atoms. The van der Waals surface area contributed by atoms with Crippen molar-refractivity contribution in [1.82, 2.24) is 10.2 Å². The molecule has 0 bridgehead atoms. The molecule has 1 saturated heterocycles. The van der Waals surface area contributed by atoms with Crippen molar-refractivity contribution < 1.29 is 18.7 Å². The fourth-order valence-corrected chi connectivity index (χ4v) is 3.71. The van der Waals surface area contributed by atoms with E-state index in [0.29, 0.717) is 31.4 Å². The number of hydrogen-bond acceptors (Lipinski definition) is 5. The van der Waals surface area contributed by atoms with E-state index in [-0.39, 0.29) is 5.91 Å². The van der Waals surface area contributed by atoms with Gasteiger partial charge in [0.2, 0.25) is 0 Å². The van der Waals surface area contributed by atoms with E-state index >= 15 is 0 Å². The molecule has 0 radical (unpaired) electrons. The van der Waals surface area contributed by atoms with Gasteiger partial charge < -0.3 is 19.2 Å². The third-order valence-electron chi connectivity index (χ3n) is 5.11. The van der Waals surface area contributed by atoms with E-state index in [1.807, 2.05) is 13.0 Å². The number of piperidine rings is 1. The largest absolute Gasteiger partial charge is 0.496 e. The van der Waals surface area contributed by atoms with Crippen LogP contribution in [0.15, 0.2) is 41.0 Å². The van der Waals surface area contributed by atoms with E-state index in [4.69, 9.17) is 13.9 Å². The standard InChI is InChI=1S/C22H30N2O4/c1-3-27-16-19-12-17(8-9-20(19)26-2)14-24-10-4-6-18(15-24)13-23-22(25)21-7-5-11-28-21/h5,7-9,11-12,18H,3-4,6,10,13-16H2,1-2H3,(H,23,25)/t18-/m1/s1. The molecule has 1 aromatic heterocycles. The van der Waals surface area contributed by atoms with Gasteiger partial charge in [-0.2, -0.15) is 0 Å². The molecule has 6 nitrogen and oxygen atoms in total. The van der Waals surface area contributed by atoms with Crippen LogP contribution < -0.4 is 10.1 Å². The normalized spacial score (nSPS) is 17.4. The molecule has 28 heavy (non-hydrogen) atoms. The zero-order valence-corrected chi connectivity index (χ0v) is 16.8. The third kappa shape index (κ3) is 5.59. The Bertz CT molecular complexity index is 745. The van der Waals surface area contributed by atoms with Crippen molar-refractivity contribution in [3.05, 3.63) is 53.5 Å². The summed E-state index contributed by atoms with van der Waals surface area (Å²) in [5.41, 5.74) is 2.34. The fourth-order valence-electron chi connectivity index (χ4n) is 3.71. The van der Waals surface area contributed by atoms with Crippen molar-refractivity contribution in [2.75, 3.05) is 33.4 Å². The van der Waals surface area contributed by atoms with Crippen molar-refractivity contribution in [3.63, 3.8) is 0 Å². The molecule has 1 aromatic carbocycles. The van der Waals surface area contributed by atoms with Gasteiger partial charge in [-0.05, 0) is 62.1 Å². The van der Waals surface area contributed by atoms with Crippen LogP contribution in [-0.2, 0) is 17.9 Å². The molecular weight excluding hydrogens is 356 g/mol. The molecule has 0 aliphatic carbocycles. The summed E-state index contributed by atoms with van der Waals surface area (Å²) < 4.78 is 16.2. The van der Waals surface area contributed by atoms with E-state index in [1.54, 1.807) is 19.2 Å². The molecule has 1 atom stereocenters. The Labute approximate surface area is 166 Å². The van der Waals surface area contributed by atoms with Gasteiger partial charge in [0.05, 0.1) is 20.0 Å². The van der Waals surface area contributed by atoms with Crippen molar-refractivity contribution >= 4 is 5.91 Å². The highest BCUT2D eigenvalue weighted by Crippen LogP contribution is 2.23. The molecule has 1 fully saturated rings. The first-order valence-electron chi connectivity index (χ1n) is 9.97. The summed E-state index contributed by atoms with van der Waals surface area (Å²) in [7, 11) is 1.69. The number of likely N-dealkylation sites (tertiary alicyclic amines) is 1. The van der Waals surface area contributed by atoms with Gasteiger partial charge in [0.15, 0.2) is 5.76 Å². The van der Waals surface area contributed by atoms with Crippen molar-refractivity contribution in [1.29, 1.82) is 0 Å². The lowest BCUT2D eigenvalue weighted by Crippen LogP contribution is -2.40. The van der Waals surface area contributed by atoms with Crippen LogP contribution in [0.1, 0.15) is 41.4 Å². The lowest BCUT2D eigenvalue weighted by Gasteiger charge is -2.33. The summed E-state index contributed by atoms with van der Waals surface area (Å²) >= 11 is 0. The number of nitrogens with zero attached hydrogens (tertiary/aromatic N) is 1. The molecular formula is C22H30N2O4. The maximum absolute atomic E-state index is 12.1. The number of benzene rings is 1. The highest BCUT2D eigenvalue weighted by Gasteiger charge is 2.21. The van der Waals surface area contributed by atoms with Crippen LogP contribution in [0.2, 0.25) is 0 Å². The van der Waals surface area contributed by atoms with Gasteiger partial charge >= 0.3 is 0 Å². The average molecular weight is 386 g/mol. The van der Waals surface area contributed by atoms with Crippen molar-refractivity contribution in [2.45, 2.75) is 32.9 Å². The van der Waals surface area contributed by atoms with Crippen LogP contribution >= 0.6 is 0 Å². The number of nitrogens with one attached hydrogen (secondary N) is 1. The summed E-state index contributed by atoms with van der Waals surface area (Å²) in [6.45, 7) is 6.87. The number of furan rings is 1. The van der Waals surface area contributed by atoms with Crippen LogP contribution in [0, 0.1) is 5.92 Å². The van der Waals surface area contributed by atoms with Crippen LogP contribution in [0.5, 0.6) is 5.75 Å². The minimum Gasteiger partial charge on any atom is -0.496 e. The Kier molecular flexibility index (Phi) is 7.51. The topological polar surface area (TPSA) is 63.9 Å². The monoisotopic (exact) mass is 386 g/mol. The highest BCUT2D eigenvalue weighted by atomic mass is 16.5. The molecule has 1 aliphatic rings.